The molecule has 1 aliphatic heterocycles. The molecule has 0 bridgehead atoms. The van der Waals surface area contributed by atoms with Gasteiger partial charge in [-0.15, -0.1) is 0 Å². The van der Waals surface area contributed by atoms with Gasteiger partial charge in [0.15, 0.2) is 5.76 Å². The van der Waals surface area contributed by atoms with Crippen LogP contribution in [0.5, 0.6) is 0 Å². The first-order chi connectivity index (χ1) is 12.5. The van der Waals surface area contributed by atoms with E-state index in [4.69, 9.17) is 27.6 Å². The number of anilines is 1. The lowest BCUT2D eigenvalue weighted by Gasteiger charge is -2.34. The van der Waals surface area contributed by atoms with Crippen molar-refractivity contribution in [2.45, 2.75) is 6.42 Å². The highest BCUT2D eigenvalue weighted by atomic mass is 35.5. The molecular formula is C18H19Cl2N3O3. The van der Waals surface area contributed by atoms with Crippen LogP contribution in [0.3, 0.4) is 0 Å². The quantitative estimate of drug-likeness (QED) is 0.842. The first-order valence-corrected chi connectivity index (χ1v) is 9.08. The Balaban J connectivity index is 1.42. The summed E-state index contributed by atoms with van der Waals surface area (Å²) < 4.78 is 5.15. The molecule has 0 atom stereocenters. The molecule has 0 radical (unpaired) electrons. The molecule has 1 aromatic heterocycles. The van der Waals surface area contributed by atoms with E-state index < -0.39 is 0 Å². The summed E-state index contributed by atoms with van der Waals surface area (Å²) >= 11 is 11.9. The van der Waals surface area contributed by atoms with Crippen LogP contribution in [-0.4, -0.2) is 54.3 Å². The summed E-state index contributed by atoms with van der Waals surface area (Å²) in [6, 6.07) is 8.32. The predicted molar refractivity (Wildman–Crippen MR) is 101 cm³/mol. The summed E-state index contributed by atoms with van der Waals surface area (Å²) in [7, 11) is 0. The number of furan rings is 1. The number of nitrogens with zero attached hydrogens (tertiary/aromatic N) is 2. The summed E-state index contributed by atoms with van der Waals surface area (Å²) in [6.45, 7) is 3.30. The molecule has 6 nitrogen and oxygen atoms in total. The largest absolute Gasteiger partial charge is 0.459 e. The molecule has 1 aromatic carbocycles. The van der Waals surface area contributed by atoms with E-state index in [1.54, 1.807) is 35.2 Å². The lowest BCUT2D eigenvalue weighted by molar-refractivity contribution is -0.116. The highest BCUT2D eigenvalue weighted by molar-refractivity contribution is 6.36. The van der Waals surface area contributed by atoms with Gasteiger partial charge in [0.2, 0.25) is 5.91 Å². The Bertz CT molecular complexity index is 772. The van der Waals surface area contributed by atoms with E-state index in [2.05, 4.69) is 10.2 Å². The molecule has 2 aromatic rings. The molecular weight excluding hydrogens is 377 g/mol. The van der Waals surface area contributed by atoms with Gasteiger partial charge in [-0.05, 0) is 30.3 Å². The first kappa shape index (κ1) is 18.8. The fourth-order valence-electron chi connectivity index (χ4n) is 2.79. The average Bonchev–Trinajstić information content (AvgIpc) is 3.17. The standard InChI is InChI=1S/C18H19Cl2N3O3/c19-13-3-4-15(14(20)12-13)21-17(24)5-6-22-7-9-23(10-8-22)18(25)16-2-1-11-26-16/h1-4,11-12H,5-10H2,(H,21,24). The first-order valence-electron chi connectivity index (χ1n) is 8.33. The van der Waals surface area contributed by atoms with E-state index in [0.717, 1.165) is 13.1 Å². The lowest BCUT2D eigenvalue weighted by Crippen LogP contribution is -2.49. The van der Waals surface area contributed by atoms with Crippen LogP contribution < -0.4 is 5.32 Å². The molecule has 138 valence electrons. The van der Waals surface area contributed by atoms with Crippen LogP contribution in [0.1, 0.15) is 17.0 Å². The number of piperazine rings is 1. The van der Waals surface area contributed by atoms with Gasteiger partial charge in [0.25, 0.3) is 5.91 Å². The maximum atomic E-state index is 12.2. The number of nitrogens with one attached hydrogen (secondary N) is 1. The van der Waals surface area contributed by atoms with Gasteiger partial charge in [0.05, 0.1) is 17.0 Å². The van der Waals surface area contributed by atoms with E-state index in [0.29, 0.717) is 47.5 Å². The van der Waals surface area contributed by atoms with Crippen molar-refractivity contribution >= 4 is 40.7 Å². The highest BCUT2D eigenvalue weighted by Crippen LogP contribution is 2.25. The Kier molecular flexibility index (Phi) is 6.19. The van der Waals surface area contributed by atoms with Crippen molar-refractivity contribution in [1.29, 1.82) is 0 Å². The van der Waals surface area contributed by atoms with Crippen molar-refractivity contribution in [3.8, 4) is 0 Å². The average molecular weight is 396 g/mol. The number of hydrogen-bond donors (Lipinski definition) is 1. The third-order valence-electron chi connectivity index (χ3n) is 4.25. The van der Waals surface area contributed by atoms with Crippen molar-refractivity contribution in [2.24, 2.45) is 0 Å². The fraction of sp³-hybridized carbons (Fsp3) is 0.333. The molecule has 0 unspecified atom stereocenters. The smallest absolute Gasteiger partial charge is 0.289 e. The van der Waals surface area contributed by atoms with E-state index in [1.165, 1.54) is 6.26 Å². The monoisotopic (exact) mass is 395 g/mol. The Hall–Kier alpha value is -2.02. The number of rotatable bonds is 5. The lowest BCUT2D eigenvalue weighted by atomic mass is 10.2. The van der Waals surface area contributed by atoms with Crippen molar-refractivity contribution in [3.63, 3.8) is 0 Å². The molecule has 0 saturated carbocycles. The van der Waals surface area contributed by atoms with Crippen LogP contribution >= 0.6 is 23.2 Å². The van der Waals surface area contributed by atoms with Crippen molar-refractivity contribution in [1.82, 2.24) is 9.80 Å². The Labute approximate surface area is 161 Å². The van der Waals surface area contributed by atoms with Crippen LogP contribution in [0, 0.1) is 0 Å². The zero-order chi connectivity index (χ0) is 18.5. The second-order valence-corrected chi connectivity index (χ2v) is 6.88. The SMILES string of the molecule is O=C(CCN1CCN(C(=O)c2ccco2)CC1)Nc1ccc(Cl)cc1Cl. The zero-order valence-electron chi connectivity index (χ0n) is 14.1. The molecule has 26 heavy (non-hydrogen) atoms. The van der Waals surface area contributed by atoms with Crippen LogP contribution in [0.4, 0.5) is 5.69 Å². The summed E-state index contributed by atoms with van der Waals surface area (Å²) in [5, 5.41) is 3.73. The Morgan fingerprint density at radius 3 is 2.54 bits per heavy atom. The summed E-state index contributed by atoms with van der Waals surface area (Å²) in [6.07, 6.45) is 1.85. The topological polar surface area (TPSA) is 65.8 Å². The molecule has 8 heteroatoms. The van der Waals surface area contributed by atoms with Gasteiger partial charge in [0.1, 0.15) is 0 Å². The van der Waals surface area contributed by atoms with E-state index in [1.807, 2.05) is 0 Å². The minimum Gasteiger partial charge on any atom is -0.459 e. The van der Waals surface area contributed by atoms with E-state index in [-0.39, 0.29) is 11.8 Å². The Morgan fingerprint density at radius 1 is 1.12 bits per heavy atom. The van der Waals surface area contributed by atoms with Gasteiger partial charge in [-0.25, -0.2) is 0 Å². The number of halogens is 2. The number of carbonyl (C=O) groups is 2. The minimum absolute atomic E-state index is 0.0928. The summed E-state index contributed by atoms with van der Waals surface area (Å²) in [5.41, 5.74) is 0.551. The maximum Gasteiger partial charge on any atom is 0.289 e. The van der Waals surface area contributed by atoms with Crippen LogP contribution in [0.25, 0.3) is 0 Å². The molecule has 1 N–H and O–H groups in total. The van der Waals surface area contributed by atoms with Gasteiger partial charge in [-0.1, -0.05) is 23.2 Å². The van der Waals surface area contributed by atoms with Gasteiger partial charge >= 0.3 is 0 Å². The normalized spacial score (nSPS) is 15.1. The number of benzene rings is 1. The van der Waals surface area contributed by atoms with Gasteiger partial charge in [-0.3, -0.25) is 14.5 Å². The zero-order valence-corrected chi connectivity index (χ0v) is 15.6. The Morgan fingerprint density at radius 2 is 1.88 bits per heavy atom. The number of hydrogen-bond acceptors (Lipinski definition) is 4. The van der Waals surface area contributed by atoms with Crippen LogP contribution in [0.2, 0.25) is 10.0 Å². The number of carbonyl (C=O) groups excluding carboxylic acids is 2. The predicted octanol–water partition coefficient (Wildman–Crippen LogP) is 3.37. The highest BCUT2D eigenvalue weighted by Gasteiger charge is 2.23. The molecule has 1 saturated heterocycles. The molecule has 0 aliphatic carbocycles. The van der Waals surface area contributed by atoms with Crippen molar-refractivity contribution in [2.75, 3.05) is 38.0 Å². The molecule has 2 amide bonds. The van der Waals surface area contributed by atoms with Gasteiger partial charge in [-0.2, -0.15) is 0 Å². The van der Waals surface area contributed by atoms with E-state index >= 15 is 0 Å². The molecule has 1 aliphatic rings. The summed E-state index contributed by atoms with van der Waals surface area (Å²) in [4.78, 5) is 28.3. The third-order valence-corrected chi connectivity index (χ3v) is 4.80. The third kappa shape index (κ3) is 4.78. The maximum absolute atomic E-state index is 12.2. The van der Waals surface area contributed by atoms with Crippen molar-refractivity contribution < 1.29 is 14.0 Å². The van der Waals surface area contributed by atoms with Crippen molar-refractivity contribution in [3.05, 3.63) is 52.4 Å². The molecule has 0 spiro atoms. The van der Waals surface area contributed by atoms with Crippen LogP contribution in [-0.2, 0) is 4.79 Å². The fourth-order valence-corrected chi connectivity index (χ4v) is 3.25. The molecule has 3 rings (SSSR count). The molecule has 1 fully saturated rings. The van der Waals surface area contributed by atoms with Gasteiger partial charge in [0, 0.05) is 44.2 Å². The van der Waals surface area contributed by atoms with Crippen LogP contribution in [0.15, 0.2) is 41.0 Å². The second-order valence-electron chi connectivity index (χ2n) is 6.03. The van der Waals surface area contributed by atoms with Gasteiger partial charge < -0.3 is 14.6 Å². The molecule has 2 heterocycles. The van der Waals surface area contributed by atoms with E-state index in [9.17, 15) is 9.59 Å². The minimum atomic E-state index is -0.108. The number of amides is 2. The second kappa shape index (κ2) is 8.58. The summed E-state index contributed by atoms with van der Waals surface area (Å²) in [5.74, 6) is 0.158.